The van der Waals surface area contributed by atoms with Crippen molar-refractivity contribution in [2.45, 2.75) is 73.6 Å². The first kappa shape index (κ1) is 76.7. The molecule has 14 rings (SSSR count). The third kappa shape index (κ3) is 22.3. The minimum Gasteiger partial charge on any atom is -0.506 e. The van der Waals surface area contributed by atoms with E-state index in [0.29, 0.717) is 62.6 Å². The maximum atomic E-state index is 11.9. The third-order valence-corrected chi connectivity index (χ3v) is 19.5. The normalized spacial score (nSPS) is 10.1. The van der Waals surface area contributed by atoms with Crippen molar-refractivity contribution in [2.75, 3.05) is 20.0 Å². The van der Waals surface area contributed by atoms with Crippen LogP contribution in [0.2, 0.25) is 0 Å². The third-order valence-electron chi connectivity index (χ3n) is 14.0. The van der Waals surface area contributed by atoms with Crippen LogP contribution in [-0.4, -0.2) is 91.5 Å². The Kier molecular flexibility index (Phi) is 27.6. The van der Waals surface area contributed by atoms with Crippen molar-refractivity contribution in [3.8, 4) is 106 Å². The zero-order valence-corrected chi connectivity index (χ0v) is 61.8. The number of rotatable bonds is 5. The van der Waals surface area contributed by atoms with Crippen LogP contribution in [0.1, 0.15) is 93.8 Å². The quantitative estimate of drug-likeness (QED) is 0.0746. The highest BCUT2D eigenvalue weighted by Crippen LogP contribution is 2.35. The van der Waals surface area contributed by atoms with Gasteiger partial charge in [-0.2, -0.15) is 0 Å². The summed E-state index contributed by atoms with van der Waals surface area (Å²) in [6.07, 6.45) is 3.13. The summed E-state index contributed by atoms with van der Waals surface area (Å²) in [4.78, 5) is 35.9. The summed E-state index contributed by atoms with van der Waals surface area (Å²) in [7, 11) is 0. The van der Waals surface area contributed by atoms with E-state index in [-0.39, 0.29) is 47.5 Å². The fourth-order valence-electron chi connectivity index (χ4n) is 9.73. The van der Waals surface area contributed by atoms with Gasteiger partial charge in [0.15, 0.2) is 6.67 Å². The van der Waals surface area contributed by atoms with Gasteiger partial charge in [-0.3, -0.25) is 9.18 Å². The molecule has 0 aliphatic rings. The Hall–Kier alpha value is -11.5. The molecular formula is C81H65F2N7O8S6. The molecular weight excluding hydrogens is 1430 g/mol. The van der Waals surface area contributed by atoms with Crippen molar-refractivity contribution in [3.63, 3.8) is 0 Å². The molecule has 6 heterocycles. The number of aromatic nitrogens is 6. The SMILES string of the molecule is Cc1nc2c(O)cc(C#CC(N)=O)cc2s1.Cc1nc2c(O)cc(C#CCCF)cc2s1.Cc1nc2c(O)cc(C#CCCO)cc2s1.Cc1nc2c(O)cc(C#CCCc3ccccc3)cc2s1.Cc1nc2c(O)cc(C#CCF)cc2s1.Cc1nc2c(O)cc(C#CCc3ccccc3)cc2s1. The molecule has 0 radical (unpaired) electrons. The number of amides is 1. The number of nitrogens with two attached hydrogens (primary N) is 1. The number of carbonyl (C=O) groups excluding carboxylic acids is 1. The van der Waals surface area contributed by atoms with Crippen molar-refractivity contribution in [2.24, 2.45) is 5.73 Å². The Bertz CT molecular complexity index is 5730. The van der Waals surface area contributed by atoms with Gasteiger partial charge in [-0.1, -0.05) is 126 Å². The minimum absolute atomic E-state index is 0.0564. The molecule has 0 atom stereocenters. The van der Waals surface area contributed by atoms with Gasteiger partial charge < -0.3 is 41.5 Å². The zero-order chi connectivity index (χ0) is 74.2. The van der Waals surface area contributed by atoms with Crippen LogP contribution >= 0.6 is 68.0 Å². The number of hydrogen-bond donors (Lipinski definition) is 8. The molecule has 0 unspecified atom stereocenters. The molecule has 23 heteroatoms. The van der Waals surface area contributed by atoms with E-state index in [0.717, 1.165) is 87.8 Å². The van der Waals surface area contributed by atoms with Crippen LogP contribution in [0.15, 0.2) is 133 Å². The summed E-state index contributed by atoms with van der Waals surface area (Å²) in [5.41, 5.74) is 15.4. The molecule has 0 saturated carbocycles. The number of phenolic OH excluding ortho intramolecular Hbond substituents is 6. The average Bonchev–Trinajstić information content (AvgIpc) is 1.72. The highest BCUT2D eigenvalue weighted by atomic mass is 32.1. The van der Waals surface area contributed by atoms with Gasteiger partial charge >= 0.3 is 0 Å². The Balaban J connectivity index is 0.000000145. The number of aryl methyl sites for hydroxylation is 7. The summed E-state index contributed by atoms with van der Waals surface area (Å²) in [6.45, 7) is 10.3. The summed E-state index contributed by atoms with van der Waals surface area (Å²) < 4.78 is 29.2. The maximum absolute atomic E-state index is 11.9. The monoisotopic (exact) mass is 1490 g/mol. The molecule has 0 spiro atoms. The second-order valence-corrected chi connectivity index (χ2v) is 29.7. The van der Waals surface area contributed by atoms with E-state index < -0.39 is 19.3 Å². The van der Waals surface area contributed by atoms with Crippen LogP contribution < -0.4 is 5.73 Å². The maximum Gasteiger partial charge on any atom is 0.293 e. The number of hydrogen-bond acceptors (Lipinski definition) is 20. The van der Waals surface area contributed by atoms with E-state index in [1.165, 1.54) is 68.6 Å². The van der Waals surface area contributed by atoms with Gasteiger partial charge in [0.05, 0.1) is 64.9 Å². The molecule has 0 saturated heterocycles. The van der Waals surface area contributed by atoms with Crippen LogP contribution in [0.25, 0.3) is 61.3 Å². The zero-order valence-electron chi connectivity index (χ0n) is 56.9. The van der Waals surface area contributed by atoms with Crippen molar-refractivity contribution < 1.29 is 49.3 Å². The topological polar surface area (TPSA) is 262 Å². The molecule has 6 aromatic heterocycles. The summed E-state index contributed by atoms with van der Waals surface area (Å²) in [5, 5.41) is 72.8. The molecule has 0 aliphatic carbocycles. The highest BCUT2D eigenvalue weighted by Gasteiger charge is 2.13. The highest BCUT2D eigenvalue weighted by molar-refractivity contribution is 7.20. The van der Waals surface area contributed by atoms with Gasteiger partial charge in [0.25, 0.3) is 5.91 Å². The van der Waals surface area contributed by atoms with Gasteiger partial charge in [0.2, 0.25) is 0 Å². The molecule has 0 bridgehead atoms. The minimum atomic E-state index is -0.694. The first-order valence-electron chi connectivity index (χ1n) is 31.8. The first-order valence-corrected chi connectivity index (χ1v) is 36.7. The number of aromatic hydroxyl groups is 6. The number of phenols is 6. The van der Waals surface area contributed by atoms with Gasteiger partial charge in [-0.25, -0.2) is 34.3 Å². The predicted molar refractivity (Wildman–Crippen MR) is 420 cm³/mol. The van der Waals surface area contributed by atoms with Crippen LogP contribution in [-0.2, 0) is 17.6 Å². The molecule has 15 nitrogen and oxygen atoms in total. The van der Waals surface area contributed by atoms with Gasteiger partial charge in [-0.05, 0) is 138 Å². The van der Waals surface area contributed by atoms with E-state index in [1.54, 1.807) is 53.0 Å². The second kappa shape index (κ2) is 37.5. The van der Waals surface area contributed by atoms with E-state index >= 15 is 0 Å². The molecule has 0 aliphatic heterocycles. The van der Waals surface area contributed by atoms with Crippen molar-refractivity contribution in [1.82, 2.24) is 29.9 Å². The number of halogens is 2. The number of fused-ring (bicyclic) bond motifs is 6. The number of carbonyl (C=O) groups is 1. The largest absolute Gasteiger partial charge is 0.506 e. The predicted octanol–water partition coefficient (Wildman–Crippen LogP) is 17.0. The Labute approximate surface area is 622 Å². The Morgan fingerprint density at radius 3 is 0.952 bits per heavy atom. The lowest BCUT2D eigenvalue weighted by atomic mass is 10.1. The second-order valence-electron chi connectivity index (χ2n) is 22.3. The van der Waals surface area contributed by atoms with Crippen LogP contribution in [0.3, 0.4) is 0 Å². The number of thiazole rings is 6. The smallest absolute Gasteiger partial charge is 0.293 e. The number of nitrogens with zero attached hydrogens (tertiary/aromatic N) is 6. The fraction of sp³-hybridized carbons (Fsp3) is 0.173. The molecule has 8 aromatic carbocycles. The first-order chi connectivity index (χ1) is 50.1. The standard InChI is InChI=1S/C18H15NOS.C17H13NOS.C12H10FNOS.C12H11NO2S.C11H8FNOS.C11H8N2O2S/c1-13-19-18-16(20)11-15(12-17(18)21-13)10-6-5-9-14-7-3-2-4-8-14;1-12-18-17-15(19)10-14(11-16(17)20-12)9-5-8-13-6-3-2-4-7-13;1-8-14-12-10(15)6-9(4-2-3-5-13)7-11(12)16-8;1-8-13-12-10(15)6-9(4-2-3-5-14)7-11(12)16-8;1-7-13-11-9(14)5-8(3-2-4-12)6-10(11)15-7;1-6-13-11-8(14)4-7(2-3-10(12)15)5-9(11)16-6/h2-4,7-8,11-12,20H,5,9H2,1H3;2-4,6-7,10-11,19H,8H2,1H3;6-7,15H,3,5H2,1H3;6-7,14-15H,3,5H2,1H3;5-6,14H,4H2,1H3;4-5,14H,1H3,(H2,12,15). The molecule has 522 valence electrons. The van der Waals surface area contributed by atoms with Crippen LogP contribution in [0.5, 0.6) is 34.5 Å². The van der Waals surface area contributed by atoms with Crippen molar-refractivity contribution >= 4 is 135 Å². The van der Waals surface area contributed by atoms with Gasteiger partial charge in [0.1, 0.15) is 74.3 Å². The van der Waals surface area contributed by atoms with Crippen LogP contribution in [0, 0.1) is 113 Å². The van der Waals surface area contributed by atoms with Gasteiger partial charge in [0, 0.05) is 59.1 Å². The lowest BCUT2D eigenvalue weighted by Gasteiger charge is -1.96. The van der Waals surface area contributed by atoms with E-state index in [9.17, 15) is 44.2 Å². The van der Waals surface area contributed by atoms with E-state index in [2.05, 4.69) is 125 Å². The number of primary amides is 1. The van der Waals surface area contributed by atoms with Crippen molar-refractivity contribution in [3.05, 3.63) is 208 Å². The van der Waals surface area contributed by atoms with Crippen LogP contribution in [0.4, 0.5) is 8.78 Å². The lowest BCUT2D eigenvalue weighted by Crippen LogP contribution is -2.06. The van der Waals surface area contributed by atoms with Gasteiger partial charge in [-0.15, -0.1) is 68.0 Å². The Morgan fingerprint density at radius 2 is 0.654 bits per heavy atom. The molecule has 1 amide bonds. The van der Waals surface area contributed by atoms with E-state index in [4.69, 9.17) is 10.8 Å². The Morgan fingerprint density at radius 1 is 0.375 bits per heavy atom. The molecule has 104 heavy (non-hydrogen) atoms. The molecule has 9 N–H and O–H groups in total. The van der Waals surface area contributed by atoms with E-state index in [1.807, 2.05) is 108 Å². The fourth-order valence-corrected chi connectivity index (χ4v) is 15.1. The average molecular weight is 1490 g/mol. The molecule has 14 aromatic rings. The number of aliphatic hydroxyl groups excluding tert-OH is 1. The van der Waals surface area contributed by atoms with Crippen molar-refractivity contribution in [1.29, 1.82) is 0 Å². The summed E-state index contributed by atoms with van der Waals surface area (Å²) in [6, 6.07) is 41.3. The molecule has 0 fully saturated rings. The summed E-state index contributed by atoms with van der Waals surface area (Å²) in [5.74, 6) is 33.7. The summed E-state index contributed by atoms with van der Waals surface area (Å²) >= 11 is 9.13. The number of benzene rings is 8. The number of alkyl halides is 2. The lowest BCUT2D eigenvalue weighted by molar-refractivity contribution is -0.112. The number of aliphatic hydroxyl groups is 1.